The van der Waals surface area contributed by atoms with E-state index in [0.29, 0.717) is 12.5 Å². The number of nitrogens with two attached hydrogens (primary N) is 1. The first-order chi connectivity index (χ1) is 8.55. The van der Waals surface area contributed by atoms with Crippen LogP contribution >= 0.6 is 15.9 Å². The van der Waals surface area contributed by atoms with Gasteiger partial charge in [0.2, 0.25) is 5.91 Å². The van der Waals surface area contributed by atoms with Crippen LogP contribution in [-0.2, 0) is 4.79 Å². The maximum atomic E-state index is 12.6. The minimum absolute atomic E-state index is 0.574. The quantitative estimate of drug-likeness (QED) is 0.890. The van der Waals surface area contributed by atoms with E-state index in [1.807, 2.05) is 0 Å². The third kappa shape index (κ3) is 3.70. The van der Waals surface area contributed by atoms with E-state index >= 15 is 0 Å². The number of hydrogen-bond donors (Lipinski definition) is 2. The Morgan fingerprint density at radius 2 is 2.00 bits per heavy atom. The van der Waals surface area contributed by atoms with Gasteiger partial charge in [-0.25, -0.2) is 0 Å². The lowest BCUT2D eigenvalue weighted by atomic mass is 10.0. The number of carbonyl (C=O) groups excluding carboxylic acids is 1. The van der Waals surface area contributed by atoms with Gasteiger partial charge in [-0.15, -0.1) is 0 Å². The number of nitrogens with one attached hydrogen (secondary N) is 1. The Hall–Kier alpha value is -1.08. The average Bonchev–Trinajstić information content (AvgIpc) is 2.27. The molecule has 0 fully saturated rings. The molecule has 0 aromatic heterocycles. The van der Waals surface area contributed by atoms with Crippen LogP contribution in [0.3, 0.4) is 0 Å². The lowest BCUT2D eigenvalue weighted by Gasteiger charge is -2.28. The molecule has 19 heavy (non-hydrogen) atoms. The predicted molar refractivity (Wildman–Crippen MR) is 69.3 cm³/mol. The van der Waals surface area contributed by atoms with E-state index in [9.17, 15) is 18.0 Å². The molecule has 0 aliphatic rings. The number of benzene rings is 1. The van der Waals surface area contributed by atoms with Gasteiger partial charge >= 0.3 is 6.18 Å². The summed E-state index contributed by atoms with van der Waals surface area (Å²) < 4.78 is 38.6. The van der Waals surface area contributed by atoms with Crippen molar-refractivity contribution in [2.75, 3.05) is 0 Å². The van der Waals surface area contributed by atoms with Crippen molar-refractivity contribution in [1.29, 1.82) is 0 Å². The largest absolute Gasteiger partial charge is 0.415 e. The normalized spacial score (nSPS) is 16.6. The van der Waals surface area contributed by atoms with Gasteiger partial charge in [-0.1, -0.05) is 28.1 Å². The average molecular weight is 339 g/mol. The highest BCUT2D eigenvalue weighted by Gasteiger charge is 2.54. The Morgan fingerprint density at radius 1 is 1.42 bits per heavy atom. The van der Waals surface area contributed by atoms with Crippen LogP contribution in [0.1, 0.15) is 25.5 Å². The van der Waals surface area contributed by atoms with Crippen LogP contribution in [0.5, 0.6) is 0 Å². The van der Waals surface area contributed by atoms with E-state index in [1.54, 1.807) is 31.2 Å². The summed E-state index contributed by atoms with van der Waals surface area (Å²) in [6.45, 7) is 2.24. The molecule has 3 nitrogen and oxygen atoms in total. The standard InChI is InChI=1S/C12H14BrF3N2O/c1-7(8-4-3-5-9(13)6-8)18-10(19)11(2,17)12(14,15)16/h3-7H,17H2,1-2H3,(H,18,19). The molecule has 2 atom stereocenters. The number of halogens is 4. The van der Waals surface area contributed by atoms with Crippen LogP contribution in [0.25, 0.3) is 0 Å². The van der Waals surface area contributed by atoms with Crippen molar-refractivity contribution in [2.24, 2.45) is 5.73 Å². The second-order valence-electron chi connectivity index (χ2n) is 4.45. The molecule has 0 bridgehead atoms. The Bertz CT molecular complexity index is 474. The number of amides is 1. The van der Waals surface area contributed by atoms with Crippen LogP contribution in [0, 0.1) is 0 Å². The van der Waals surface area contributed by atoms with Crippen molar-refractivity contribution in [1.82, 2.24) is 5.32 Å². The number of hydrogen-bond acceptors (Lipinski definition) is 2. The van der Waals surface area contributed by atoms with Crippen molar-refractivity contribution in [3.05, 3.63) is 34.3 Å². The van der Waals surface area contributed by atoms with Crippen molar-refractivity contribution < 1.29 is 18.0 Å². The van der Waals surface area contributed by atoms with E-state index in [-0.39, 0.29) is 0 Å². The van der Waals surface area contributed by atoms with Crippen molar-refractivity contribution in [2.45, 2.75) is 31.6 Å². The first-order valence-corrected chi connectivity index (χ1v) is 6.27. The summed E-state index contributed by atoms with van der Waals surface area (Å²) in [6.07, 6.45) is -4.80. The molecule has 2 unspecified atom stereocenters. The molecule has 3 N–H and O–H groups in total. The van der Waals surface area contributed by atoms with E-state index in [0.717, 1.165) is 4.47 Å². The van der Waals surface area contributed by atoms with Gasteiger partial charge in [0, 0.05) is 4.47 Å². The highest BCUT2D eigenvalue weighted by atomic mass is 79.9. The molecule has 0 saturated carbocycles. The summed E-state index contributed by atoms with van der Waals surface area (Å²) in [5, 5.41) is 2.27. The molecule has 0 spiro atoms. The van der Waals surface area contributed by atoms with Crippen molar-refractivity contribution in [3.63, 3.8) is 0 Å². The van der Waals surface area contributed by atoms with Gasteiger partial charge in [-0.3, -0.25) is 4.79 Å². The molecule has 7 heteroatoms. The molecule has 1 aromatic rings. The second-order valence-corrected chi connectivity index (χ2v) is 5.37. The third-order valence-electron chi connectivity index (χ3n) is 2.76. The molecule has 0 saturated heterocycles. The van der Waals surface area contributed by atoms with Gasteiger partial charge in [0.15, 0.2) is 5.54 Å². The monoisotopic (exact) mass is 338 g/mol. The highest BCUT2D eigenvalue weighted by molar-refractivity contribution is 9.10. The minimum atomic E-state index is -4.80. The first kappa shape index (κ1) is 16.0. The maximum Gasteiger partial charge on any atom is 0.415 e. The van der Waals surface area contributed by atoms with Gasteiger partial charge in [-0.2, -0.15) is 13.2 Å². The van der Waals surface area contributed by atoms with Crippen LogP contribution in [-0.4, -0.2) is 17.6 Å². The molecule has 0 aliphatic carbocycles. The number of alkyl halides is 3. The SMILES string of the molecule is CC(NC(=O)C(C)(N)C(F)(F)F)c1cccc(Br)c1. The zero-order chi connectivity index (χ0) is 14.8. The molecule has 0 heterocycles. The van der Waals surface area contributed by atoms with Crippen LogP contribution in [0.4, 0.5) is 13.2 Å². The summed E-state index contributed by atoms with van der Waals surface area (Å²) in [5.74, 6) is -1.26. The maximum absolute atomic E-state index is 12.6. The topological polar surface area (TPSA) is 55.1 Å². The van der Waals surface area contributed by atoms with Crippen LogP contribution in [0.2, 0.25) is 0 Å². The van der Waals surface area contributed by atoms with E-state index in [1.165, 1.54) is 0 Å². The van der Waals surface area contributed by atoms with Gasteiger partial charge in [-0.05, 0) is 31.5 Å². The summed E-state index contributed by atoms with van der Waals surface area (Å²) in [6, 6.07) is 6.35. The van der Waals surface area contributed by atoms with Crippen molar-refractivity contribution >= 4 is 21.8 Å². The second kappa shape index (κ2) is 5.50. The molecule has 1 amide bonds. The fourth-order valence-electron chi connectivity index (χ4n) is 1.33. The first-order valence-electron chi connectivity index (χ1n) is 5.47. The summed E-state index contributed by atoms with van der Waals surface area (Å²) >= 11 is 3.25. The summed E-state index contributed by atoms with van der Waals surface area (Å²) in [7, 11) is 0. The molecule has 1 rings (SSSR count). The Kier molecular flexibility index (Phi) is 4.63. The number of rotatable bonds is 3. The fourth-order valence-corrected chi connectivity index (χ4v) is 1.75. The van der Waals surface area contributed by atoms with Crippen LogP contribution in [0.15, 0.2) is 28.7 Å². The Labute approximate surface area is 117 Å². The molecular weight excluding hydrogens is 325 g/mol. The molecule has 0 aliphatic heterocycles. The van der Waals surface area contributed by atoms with E-state index < -0.39 is 23.7 Å². The number of carbonyl (C=O) groups is 1. The highest BCUT2D eigenvalue weighted by Crippen LogP contribution is 2.29. The predicted octanol–water partition coefficient (Wildman–Crippen LogP) is 2.91. The van der Waals surface area contributed by atoms with Gasteiger partial charge < -0.3 is 11.1 Å². The zero-order valence-electron chi connectivity index (χ0n) is 10.4. The molecular formula is C12H14BrF3N2O. The summed E-state index contributed by atoms with van der Waals surface area (Å²) in [5.41, 5.74) is 2.82. The fraction of sp³-hybridized carbons (Fsp3) is 0.417. The van der Waals surface area contributed by atoms with Gasteiger partial charge in [0.05, 0.1) is 6.04 Å². The third-order valence-corrected chi connectivity index (χ3v) is 3.25. The van der Waals surface area contributed by atoms with Gasteiger partial charge in [0.1, 0.15) is 0 Å². The lowest BCUT2D eigenvalue weighted by molar-refractivity contribution is -0.187. The Balaban J connectivity index is 2.83. The van der Waals surface area contributed by atoms with Gasteiger partial charge in [0.25, 0.3) is 0 Å². The zero-order valence-corrected chi connectivity index (χ0v) is 12.0. The molecule has 1 aromatic carbocycles. The summed E-state index contributed by atoms with van der Waals surface area (Å²) in [4.78, 5) is 11.6. The smallest absolute Gasteiger partial charge is 0.348 e. The van der Waals surface area contributed by atoms with E-state index in [4.69, 9.17) is 5.73 Å². The molecule has 0 radical (unpaired) electrons. The lowest BCUT2D eigenvalue weighted by Crippen LogP contribution is -2.61. The Morgan fingerprint density at radius 3 is 2.47 bits per heavy atom. The van der Waals surface area contributed by atoms with Crippen LogP contribution < -0.4 is 11.1 Å². The van der Waals surface area contributed by atoms with Crippen molar-refractivity contribution in [3.8, 4) is 0 Å². The molecule has 106 valence electrons. The minimum Gasteiger partial charge on any atom is -0.348 e. The van der Waals surface area contributed by atoms with E-state index in [2.05, 4.69) is 21.2 Å².